The summed E-state index contributed by atoms with van der Waals surface area (Å²) in [6.07, 6.45) is 0. The molecule has 0 N–H and O–H groups in total. The molecule has 2 nitrogen and oxygen atoms in total. The maximum atomic E-state index is 3.22. The molecule has 0 bridgehead atoms. The Morgan fingerprint density at radius 2 is 0.740 bits per heavy atom. The minimum atomic E-state index is 1.14. The summed E-state index contributed by atoms with van der Waals surface area (Å²) in [6.45, 7) is 8.41. The number of benzene rings is 7. The van der Waals surface area contributed by atoms with Crippen LogP contribution < -0.4 is 0 Å². The van der Waals surface area contributed by atoms with Crippen molar-refractivity contribution in [1.82, 2.24) is 9.13 Å². The highest BCUT2D eigenvalue weighted by atomic mass is 33.1. The third-order valence-corrected chi connectivity index (χ3v) is 9.59. The molecule has 0 saturated heterocycles. The van der Waals surface area contributed by atoms with Crippen molar-refractivity contribution in [2.24, 2.45) is 0 Å². The van der Waals surface area contributed by atoms with E-state index in [1.165, 1.54) is 77.0 Å². The molecular weight excluding hydrogens is 645 g/mol. The lowest BCUT2D eigenvalue weighted by Gasteiger charge is -2.17. The topological polar surface area (TPSA) is 9.86 Å². The van der Waals surface area contributed by atoms with Crippen molar-refractivity contribution in [2.45, 2.75) is 27.7 Å². The molecule has 50 heavy (non-hydrogen) atoms. The summed E-state index contributed by atoms with van der Waals surface area (Å²) in [5.74, 6) is 0. The van der Waals surface area contributed by atoms with E-state index in [1.54, 1.807) is 0 Å². The normalized spacial score (nSPS) is 11.0. The minimum absolute atomic E-state index is 1.14. The first-order valence-electron chi connectivity index (χ1n) is 17.1. The number of aromatic nitrogens is 2. The molecular formula is C46H40N2S2. The van der Waals surface area contributed by atoms with Crippen LogP contribution in [0.2, 0.25) is 0 Å². The molecule has 0 radical (unpaired) electrons. The SMILES string of the molecule is CC.Cc1ccccc1-c1cc(-c2cc(-n3c4ccccc4c4ccccc43)cc(-n3c4ccccc4c4ccccc43)c2)ccc1C.SS. The second-order valence-electron chi connectivity index (χ2n) is 12.3. The lowest BCUT2D eigenvalue weighted by atomic mass is 9.92. The zero-order valence-corrected chi connectivity index (χ0v) is 30.6. The van der Waals surface area contributed by atoms with Gasteiger partial charge in [0.15, 0.2) is 0 Å². The Morgan fingerprint density at radius 1 is 0.360 bits per heavy atom. The third kappa shape index (κ3) is 5.69. The zero-order chi connectivity index (χ0) is 34.8. The smallest absolute Gasteiger partial charge is 0.0541 e. The van der Waals surface area contributed by atoms with E-state index in [1.807, 2.05) is 13.8 Å². The second-order valence-corrected chi connectivity index (χ2v) is 12.3. The van der Waals surface area contributed by atoms with Gasteiger partial charge in [-0.25, -0.2) is 0 Å². The molecule has 0 atom stereocenters. The Kier molecular flexibility index (Phi) is 9.58. The molecule has 0 saturated carbocycles. The van der Waals surface area contributed by atoms with Gasteiger partial charge in [-0.3, -0.25) is 0 Å². The van der Waals surface area contributed by atoms with Crippen molar-refractivity contribution >= 4 is 66.9 Å². The molecule has 0 spiro atoms. The molecule has 2 heterocycles. The summed E-state index contributed by atoms with van der Waals surface area (Å²) in [6, 6.07) is 57.7. The molecule has 0 aliphatic carbocycles. The van der Waals surface area contributed by atoms with E-state index >= 15 is 0 Å². The summed E-state index contributed by atoms with van der Waals surface area (Å²) < 4.78 is 4.87. The van der Waals surface area contributed by atoms with Crippen LogP contribution in [-0.2, 0) is 0 Å². The van der Waals surface area contributed by atoms with Crippen molar-refractivity contribution in [3.8, 4) is 33.6 Å². The van der Waals surface area contributed by atoms with Crippen LogP contribution in [-0.4, -0.2) is 9.13 Å². The van der Waals surface area contributed by atoms with E-state index in [4.69, 9.17) is 0 Å². The van der Waals surface area contributed by atoms with Crippen molar-refractivity contribution < 1.29 is 0 Å². The number of rotatable bonds is 4. The van der Waals surface area contributed by atoms with Crippen LogP contribution in [0.15, 0.2) is 158 Å². The summed E-state index contributed by atoms with van der Waals surface area (Å²) in [4.78, 5) is 0. The van der Waals surface area contributed by atoms with Gasteiger partial charge in [-0.2, -0.15) is 0 Å². The number of hydrogen-bond donors (Lipinski definition) is 2. The Bertz CT molecular complexity index is 2390. The number of nitrogens with zero attached hydrogens (tertiary/aromatic N) is 2. The predicted molar refractivity (Wildman–Crippen MR) is 225 cm³/mol. The zero-order valence-electron chi connectivity index (χ0n) is 28.8. The molecule has 0 amide bonds. The fourth-order valence-corrected chi connectivity index (χ4v) is 7.39. The van der Waals surface area contributed by atoms with E-state index < -0.39 is 0 Å². The van der Waals surface area contributed by atoms with Gasteiger partial charge in [0, 0.05) is 32.9 Å². The van der Waals surface area contributed by atoms with Crippen LogP contribution in [0.25, 0.3) is 77.2 Å². The number of hydrogen-bond acceptors (Lipinski definition) is 2. The van der Waals surface area contributed by atoms with Gasteiger partial charge >= 0.3 is 0 Å². The van der Waals surface area contributed by atoms with Gasteiger partial charge in [-0.05, 0) is 95.8 Å². The van der Waals surface area contributed by atoms with Gasteiger partial charge < -0.3 is 9.13 Å². The average molecular weight is 685 g/mol. The van der Waals surface area contributed by atoms with Crippen molar-refractivity contribution in [1.29, 1.82) is 0 Å². The monoisotopic (exact) mass is 684 g/mol. The quantitative estimate of drug-likeness (QED) is 0.135. The highest BCUT2D eigenvalue weighted by Gasteiger charge is 2.17. The molecule has 7 aromatic carbocycles. The number of thiol groups is 2. The Morgan fingerprint density at radius 3 is 1.18 bits per heavy atom. The molecule has 0 aliphatic heterocycles. The van der Waals surface area contributed by atoms with Crippen molar-refractivity contribution in [2.75, 3.05) is 0 Å². The Labute approximate surface area is 304 Å². The van der Waals surface area contributed by atoms with Crippen LogP contribution in [0.1, 0.15) is 25.0 Å². The molecule has 0 aliphatic rings. The maximum absolute atomic E-state index is 3.22. The Balaban J connectivity index is 0.000000948. The summed E-state index contributed by atoms with van der Waals surface area (Å²) in [7, 11) is 0. The standard InChI is InChI=1S/C44H32N2.C2H6.H2S2/c1-29-13-3-4-14-35(29)40-27-31(24-23-30(40)2)32-25-33(45-41-19-9-5-15-36(41)37-16-6-10-20-42(37)45)28-34(26-32)46-43-21-11-7-17-38(43)39-18-8-12-22-44(39)46;2*1-2/h3-28H,1-2H3;1-2H3;1-2H. The lowest BCUT2D eigenvalue weighted by molar-refractivity contribution is 1.13. The largest absolute Gasteiger partial charge is 0.309 e. The van der Waals surface area contributed by atoms with Gasteiger partial charge in [0.25, 0.3) is 0 Å². The summed E-state index contributed by atoms with van der Waals surface area (Å²) in [5.41, 5.74) is 14.6. The summed E-state index contributed by atoms with van der Waals surface area (Å²) >= 11 is 6.44. The van der Waals surface area contributed by atoms with E-state index in [0.29, 0.717) is 0 Å². The molecule has 0 unspecified atom stereocenters. The van der Waals surface area contributed by atoms with Crippen LogP contribution in [0, 0.1) is 13.8 Å². The highest BCUT2D eigenvalue weighted by Crippen LogP contribution is 2.39. The first-order chi connectivity index (χ1) is 24.7. The number of fused-ring (bicyclic) bond motifs is 6. The fourth-order valence-electron chi connectivity index (χ4n) is 7.39. The second kappa shape index (κ2) is 14.4. The van der Waals surface area contributed by atoms with Gasteiger partial charge in [0.2, 0.25) is 0 Å². The molecule has 2 aromatic heterocycles. The molecule has 246 valence electrons. The molecule has 4 heteroatoms. The van der Waals surface area contributed by atoms with Gasteiger partial charge in [0.1, 0.15) is 0 Å². The summed E-state index contributed by atoms with van der Waals surface area (Å²) in [5, 5.41) is 5.05. The van der Waals surface area contributed by atoms with Crippen LogP contribution >= 0.6 is 23.3 Å². The first kappa shape index (κ1) is 33.3. The van der Waals surface area contributed by atoms with Crippen LogP contribution in [0.4, 0.5) is 0 Å². The third-order valence-electron chi connectivity index (χ3n) is 9.59. The molecule has 9 rings (SSSR count). The Hall–Kier alpha value is -5.16. The van der Waals surface area contributed by atoms with Gasteiger partial charge in [-0.1, -0.05) is 123 Å². The van der Waals surface area contributed by atoms with Crippen LogP contribution in [0.5, 0.6) is 0 Å². The van der Waals surface area contributed by atoms with E-state index in [2.05, 4.69) is 204 Å². The van der Waals surface area contributed by atoms with Crippen LogP contribution in [0.3, 0.4) is 0 Å². The van der Waals surface area contributed by atoms with E-state index in [-0.39, 0.29) is 0 Å². The van der Waals surface area contributed by atoms with Gasteiger partial charge in [0.05, 0.1) is 22.1 Å². The molecule has 0 fully saturated rings. The number of aryl methyl sites for hydroxylation is 2. The van der Waals surface area contributed by atoms with Gasteiger partial charge in [-0.15, -0.1) is 23.3 Å². The average Bonchev–Trinajstić information content (AvgIpc) is 3.70. The lowest BCUT2D eigenvalue weighted by Crippen LogP contribution is -2.00. The van der Waals surface area contributed by atoms with Crippen molar-refractivity contribution in [3.05, 3.63) is 169 Å². The number of para-hydroxylation sites is 4. The predicted octanol–water partition coefficient (Wildman–Crippen LogP) is 13.6. The van der Waals surface area contributed by atoms with E-state index in [9.17, 15) is 0 Å². The highest BCUT2D eigenvalue weighted by molar-refractivity contribution is 8.59. The first-order valence-corrected chi connectivity index (χ1v) is 18.7. The molecule has 9 aromatic rings. The van der Waals surface area contributed by atoms with Crippen molar-refractivity contribution in [3.63, 3.8) is 0 Å². The fraction of sp³-hybridized carbons (Fsp3) is 0.0870. The van der Waals surface area contributed by atoms with E-state index in [0.717, 1.165) is 11.4 Å². The minimum Gasteiger partial charge on any atom is -0.309 e. The maximum Gasteiger partial charge on any atom is 0.0541 e.